The lowest BCUT2D eigenvalue weighted by molar-refractivity contribution is 0.877. The first-order valence-corrected chi connectivity index (χ1v) is 7.60. The smallest absolute Gasteiger partial charge is 0.134 e. The molecule has 3 rings (SSSR count). The van der Waals surface area contributed by atoms with Crippen molar-refractivity contribution in [3.63, 3.8) is 0 Å². The van der Waals surface area contributed by atoms with Crippen molar-refractivity contribution in [2.24, 2.45) is 0 Å². The number of hydrogen-bond donors (Lipinski definition) is 2. The molecule has 3 N–H and O–H groups in total. The molecule has 0 saturated carbocycles. The van der Waals surface area contributed by atoms with E-state index < -0.39 is 0 Å². The van der Waals surface area contributed by atoms with Crippen LogP contribution in [0.3, 0.4) is 0 Å². The standard InChI is InChI=1S/C18H18ClN3/c1-11-3-8-16-15(17(11)20)9-10-21-18(16)22-12(2)13-4-6-14(19)7-5-13/h3-10,12H,20H2,1-2H3,(H,21,22)/t12-/m1/s1. The molecule has 2 aromatic carbocycles. The number of pyridine rings is 1. The highest BCUT2D eigenvalue weighted by Crippen LogP contribution is 2.30. The number of fused-ring (bicyclic) bond motifs is 1. The van der Waals surface area contributed by atoms with Crippen molar-refractivity contribution in [3.8, 4) is 0 Å². The van der Waals surface area contributed by atoms with Crippen molar-refractivity contribution in [3.05, 3.63) is 64.8 Å². The number of rotatable bonds is 3. The topological polar surface area (TPSA) is 50.9 Å². The van der Waals surface area contributed by atoms with Crippen molar-refractivity contribution in [1.82, 2.24) is 4.98 Å². The maximum Gasteiger partial charge on any atom is 0.134 e. The third-order valence-corrected chi connectivity index (χ3v) is 4.18. The fourth-order valence-corrected chi connectivity index (χ4v) is 2.67. The quantitative estimate of drug-likeness (QED) is 0.673. The van der Waals surface area contributed by atoms with Gasteiger partial charge in [-0.2, -0.15) is 0 Å². The summed E-state index contributed by atoms with van der Waals surface area (Å²) in [6.45, 7) is 4.11. The van der Waals surface area contributed by atoms with E-state index in [9.17, 15) is 0 Å². The molecule has 0 saturated heterocycles. The molecular weight excluding hydrogens is 294 g/mol. The Morgan fingerprint density at radius 3 is 2.50 bits per heavy atom. The van der Waals surface area contributed by atoms with Gasteiger partial charge < -0.3 is 11.1 Å². The number of hydrogen-bond acceptors (Lipinski definition) is 3. The molecule has 0 aliphatic carbocycles. The molecule has 0 spiro atoms. The van der Waals surface area contributed by atoms with Crippen LogP contribution < -0.4 is 11.1 Å². The Morgan fingerprint density at radius 1 is 1.05 bits per heavy atom. The first kappa shape index (κ1) is 14.7. The number of halogens is 1. The van der Waals surface area contributed by atoms with E-state index >= 15 is 0 Å². The van der Waals surface area contributed by atoms with Crippen LogP contribution in [0.25, 0.3) is 10.8 Å². The van der Waals surface area contributed by atoms with E-state index in [2.05, 4.69) is 23.3 Å². The first-order chi connectivity index (χ1) is 10.6. The van der Waals surface area contributed by atoms with Crippen molar-refractivity contribution in [1.29, 1.82) is 0 Å². The van der Waals surface area contributed by atoms with Crippen LogP contribution in [0.1, 0.15) is 24.1 Å². The minimum Gasteiger partial charge on any atom is -0.398 e. The molecule has 0 amide bonds. The number of nitrogens with zero attached hydrogens (tertiary/aromatic N) is 1. The molecule has 1 atom stereocenters. The number of nitrogen functional groups attached to an aromatic ring is 1. The van der Waals surface area contributed by atoms with Crippen LogP contribution in [-0.4, -0.2) is 4.98 Å². The van der Waals surface area contributed by atoms with Gasteiger partial charge in [-0.05, 0) is 43.2 Å². The number of anilines is 2. The van der Waals surface area contributed by atoms with Crippen molar-refractivity contribution >= 4 is 33.9 Å². The summed E-state index contributed by atoms with van der Waals surface area (Å²) >= 11 is 5.94. The third-order valence-electron chi connectivity index (χ3n) is 3.93. The highest BCUT2D eigenvalue weighted by Gasteiger charge is 2.10. The number of nitrogens with one attached hydrogen (secondary N) is 1. The lowest BCUT2D eigenvalue weighted by Gasteiger charge is -2.17. The zero-order valence-corrected chi connectivity index (χ0v) is 13.4. The second kappa shape index (κ2) is 5.85. The molecule has 0 radical (unpaired) electrons. The third kappa shape index (κ3) is 2.72. The van der Waals surface area contributed by atoms with Gasteiger partial charge in [0.2, 0.25) is 0 Å². The Kier molecular flexibility index (Phi) is 3.90. The molecule has 3 nitrogen and oxygen atoms in total. The van der Waals surface area contributed by atoms with Crippen LogP contribution >= 0.6 is 11.6 Å². The van der Waals surface area contributed by atoms with E-state index in [1.54, 1.807) is 6.20 Å². The number of aryl methyl sites for hydroxylation is 1. The summed E-state index contributed by atoms with van der Waals surface area (Å²) < 4.78 is 0. The molecule has 1 aromatic heterocycles. The van der Waals surface area contributed by atoms with Gasteiger partial charge in [-0.15, -0.1) is 0 Å². The SMILES string of the molecule is Cc1ccc2c(N[C@H](C)c3ccc(Cl)cc3)nccc2c1N. The summed E-state index contributed by atoms with van der Waals surface area (Å²) in [5.74, 6) is 0.839. The maximum atomic E-state index is 6.18. The van der Waals surface area contributed by atoms with Crippen LogP contribution in [0.5, 0.6) is 0 Å². The molecule has 1 heterocycles. The number of aromatic nitrogens is 1. The lowest BCUT2D eigenvalue weighted by atomic mass is 10.1. The second-order valence-electron chi connectivity index (χ2n) is 5.47. The Hall–Kier alpha value is -2.26. The Bertz CT molecular complexity index is 812. The van der Waals surface area contributed by atoms with Gasteiger partial charge in [0.15, 0.2) is 0 Å². The largest absolute Gasteiger partial charge is 0.398 e. The Balaban J connectivity index is 1.97. The van der Waals surface area contributed by atoms with Gasteiger partial charge in [-0.1, -0.05) is 35.9 Å². The summed E-state index contributed by atoms with van der Waals surface area (Å²) in [5.41, 5.74) is 9.22. The van der Waals surface area contributed by atoms with E-state index in [0.717, 1.165) is 38.4 Å². The second-order valence-corrected chi connectivity index (χ2v) is 5.90. The fourth-order valence-electron chi connectivity index (χ4n) is 2.54. The van der Waals surface area contributed by atoms with Crippen LogP contribution in [0.15, 0.2) is 48.7 Å². The van der Waals surface area contributed by atoms with Crippen LogP contribution in [-0.2, 0) is 0 Å². The van der Waals surface area contributed by atoms with Gasteiger partial charge in [0.1, 0.15) is 5.82 Å². The van der Waals surface area contributed by atoms with E-state index in [-0.39, 0.29) is 6.04 Å². The maximum absolute atomic E-state index is 6.18. The average Bonchev–Trinajstić information content (AvgIpc) is 2.52. The van der Waals surface area contributed by atoms with Crippen LogP contribution in [0.4, 0.5) is 11.5 Å². The normalized spacial score (nSPS) is 12.3. The highest BCUT2D eigenvalue weighted by molar-refractivity contribution is 6.30. The number of nitrogens with two attached hydrogens (primary N) is 1. The van der Waals surface area contributed by atoms with Crippen LogP contribution in [0.2, 0.25) is 5.02 Å². The Morgan fingerprint density at radius 2 is 1.77 bits per heavy atom. The van der Waals surface area contributed by atoms with E-state index in [1.807, 2.05) is 43.3 Å². The molecule has 0 bridgehead atoms. The fraction of sp³-hybridized carbons (Fsp3) is 0.167. The summed E-state index contributed by atoms with van der Waals surface area (Å²) in [5, 5.41) is 6.26. The number of benzene rings is 2. The predicted octanol–water partition coefficient (Wildman–Crippen LogP) is 4.95. The average molecular weight is 312 g/mol. The summed E-state index contributed by atoms with van der Waals surface area (Å²) in [7, 11) is 0. The van der Waals surface area contributed by atoms with Gasteiger partial charge in [-0.25, -0.2) is 4.98 Å². The van der Waals surface area contributed by atoms with Crippen molar-refractivity contribution in [2.45, 2.75) is 19.9 Å². The molecule has 4 heteroatoms. The molecule has 3 aromatic rings. The van der Waals surface area contributed by atoms with Gasteiger partial charge in [-0.3, -0.25) is 0 Å². The molecule has 0 unspecified atom stereocenters. The summed E-state index contributed by atoms with van der Waals surface area (Å²) in [6, 6.07) is 14.0. The molecule has 0 fully saturated rings. The summed E-state index contributed by atoms with van der Waals surface area (Å²) in [6.07, 6.45) is 1.79. The zero-order chi connectivity index (χ0) is 15.7. The van der Waals surface area contributed by atoms with E-state index in [1.165, 1.54) is 0 Å². The zero-order valence-electron chi connectivity index (χ0n) is 12.6. The lowest BCUT2D eigenvalue weighted by Crippen LogP contribution is -2.08. The van der Waals surface area contributed by atoms with Crippen molar-refractivity contribution < 1.29 is 0 Å². The molecule has 112 valence electrons. The molecule has 0 aliphatic rings. The van der Waals surface area contributed by atoms with Gasteiger partial charge >= 0.3 is 0 Å². The van der Waals surface area contributed by atoms with Crippen molar-refractivity contribution in [2.75, 3.05) is 11.1 Å². The van der Waals surface area contributed by atoms with Crippen LogP contribution in [0, 0.1) is 6.92 Å². The molecular formula is C18H18ClN3. The summed E-state index contributed by atoms with van der Waals surface area (Å²) in [4.78, 5) is 4.47. The van der Waals surface area contributed by atoms with Gasteiger partial charge in [0.05, 0.1) is 0 Å². The minimum atomic E-state index is 0.123. The highest BCUT2D eigenvalue weighted by atomic mass is 35.5. The van der Waals surface area contributed by atoms with Gasteiger partial charge in [0.25, 0.3) is 0 Å². The van der Waals surface area contributed by atoms with E-state index in [4.69, 9.17) is 17.3 Å². The minimum absolute atomic E-state index is 0.123. The van der Waals surface area contributed by atoms with E-state index in [0.29, 0.717) is 0 Å². The monoisotopic (exact) mass is 311 g/mol. The molecule has 22 heavy (non-hydrogen) atoms. The Labute approximate surface area is 135 Å². The predicted molar refractivity (Wildman–Crippen MR) is 94.4 cm³/mol. The molecule has 0 aliphatic heterocycles. The first-order valence-electron chi connectivity index (χ1n) is 7.22. The van der Waals surface area contributed by atoms with Gasteiger partial charge in [0, 0.05) is 33.7 Å².